The zero-order chi connectivity index (χ0) is 14.5. The molecule has 1 aliphatic heterocycles. The molecule has 2 unspecified atom stereocenters. The topological polar surface area (TPSA) is 33.2 Å². The molecule has 3 rings (SSSR count). The van der Waals surface area contributed by atoms with Crippen LogP contribution in [0.1, 0.15) is 50.4 Å². The summed E-state index contributed by atoms with van der Waals surface area (Å²) in [5.74, 6) is 0.122. The highest BCUT2D eigenvalue weighted by Gasteiger charge is 2.51. The van der Waals surface area contributed by atoms with Crippen LogP contribution in [0.25, 0.3) is 0 Å². The molecule has 2 fully saturated rings. The predicted octanol–water partition coefficient (Wildman–Crippen LogP) is 3.88. The molecule has 108 valence electrons. The second kappa shape index (κ2) is 4.55. The summed E-state index contributed by atoms with van der Waals surface area (Å²) in [7, 11) is 0. The Hall–Kier alpha value is -0.900. The van der Waals surface area contributed by atoms with Gasteiger partial charge in [-0.25, -0.2) is 4.98 Å². The van der Waals surface area contributed by atoms with Gasteiger partial charge < -0.3 is 4.90 Å². The molecule has 3 nitrogen and oxygen atoms in total. The van der Waals surface area contributed by atoms with Crippen LogP contribution in [0, 0.1) is 10.8 Å². The standard InChI is InChI=1S/C16H21BrN2O/c1-15(2)7-11-8-16(3,9-15)10-19(11)14(20)12-5-4-6-18-13(12)17/h4-6,11H,7-10H2,1-3H3. The molecule has 1 saturated heterocycles. The van der Waals surface area contributed by atoms with E-state index in [4.69, 9.17) is 0 Å². The number of pyridine rings is 1. The van der Waals surface area contributed by atoms with Crippen molar-refractivity contribution in [3.05, 3.63) is 28.5 Å². The SMILES string of the molecule is CC1(C)CC2CC(C)(CN2C(=O)c2cccnc2Br)C1. The average molecular weight is 337 g/mol. The van der Waals surface area contributed by atoms with Gasteiger partial charge in [0.25, 0.3) is 5.91 Å². The molecular formula is C16H21BrN2O. The van der Waals surface area contributed by atoms with E-state index in [0.29, 0.717) is 21.6 Å². The van der Waals surface area contributed by atoms with Gasteiger partial charge in [-0.15, -0.1) is 0 Å². The van der Waals surface area contributed by atoms with E-state index in [9.17, 15) is 4.79 Å². The van der Waals surface area contributed by atoms with Gasteiger partial charge in [-0.2, -0.15) is 0 Å². The van der Waals surface area contributed by atoms with E-state index in [1.54, 1.807) is 6.20 Å². The van der Waals surface area contributed by atoms with Crippen molar-refractivity contribution in [3.8, 4) is 0 Å². The number of carbonyl (C=O) groups excluding carboxylic acids is 1. The Labute approximate surface area is 128 Å². The minimum atomic E-state index is 0.122. The molecule has 0 spiro atoms. The van der Waals surface area contributed by atoms with Crippen LogP contribution in [0.3, 0.4) is 0 Å². The third-order valence-corrected chi connectivity index (χ3v) is 5.30. The predicted molar refractivity (Wildman–Crippen MR) is 82.5 cm³/mol. The van der Waals surface area contributed by atoms with Crippen molar-refractivity contribution in [1.82, 2.24) is 9.88 Å². The zero-order valence-electron chi connectivity index (χ0n) is 12.3. The average Bonchev–Trinajstić information content (AvgIpc) is 2.58. The number of fused-ring (bicyclic) bond motifs is 2. The molecule has 0 radical (unpaired) electrons. The number of hydrogen-bond acceptors (Lipinski definition) is 2. The van der Waals surface area contributed by atoms with Gasteiger partial charge in [-0.3, -0.25) is 4.79 Å². The maximum atomic E-state index is 12.8. The molecule has 4 heteroatoms. The van der Waals surface area contributed by atoms with Gasteiger partial charge in [0.1, 0.15) is 4.60 Å². The summed E-state index contributed by atoms with van der Waals surface area (Å²) in [6.45, 7) is 7.85. The third kappa shape index (κ3) is 2.39. The Morgan fingerprint density at radius 1 is 1.40 bits per heavy atom. The van der Waals surface area contributed by atoms with Crippen molar-refractivity contribution in [2.75, 3.05) is 6.54 Å². The zero-order valence-corrected chi connectivity index (χ0v) is 13.9. The molecule has 1 aliphatic carbocycles. The summed E-state index contributed by atoms with van der Waals surface area (Å²) in [5.41, 5.74) is 1.29. The van der Waals surface area contributed by atoms with E-state index in [0.717, 1.165) is 19.4 Å². The first-order chi connectivity index (χ1) is 9.30. The monoisotopic (exact) mass is 336 g/mol. The lowest BCUT2D eigenvalue weighted by atomic mass is 9.65. The fourth-order valence-electron chi connectivity index (χ4n) is 4.40. The van der Waals surface area contributed by atoms with Gasteiger partial charge in [-0.1, -0.05) is 20.8 Å². The molecule has 1 amide bonds. The van der Waals surface area contributed by atoms with Crippen molar-refractivity contribution in [3.63, 3.8) is 0 Å². The molecule has 1 aromatic rings. The first-order valence-electron chi connectivity index (χ1n) is 7.21. The van der Waals surface area contributed by atoms with Crippen molar-refractivity contribution in [2.45, 2.75) is 46.1 Å². The first-order valence-corrected chi connectivity index (χ1v) is 8.01. The normalized spacial score (nSPS) is 31.4. The Kier molecular flexibility index (Phi) is 3.20. The lowest BCUT2D eigenvalue weighted by Gasteiger charge is -2.39. The number of amides is 1. The van der Waals surface area contributed by atoms with Crippen LogP contribution in [-0.2, 0) is 0 Å². The van der Waals surface area contributed by atoms with Gasteiger partial charge in [0.2, 0.25) is 0 Å². The van der Waals surface area contributed by atoms with Crippen LogP contribution in [0.15, 0.2) is 22.9 Å². The fourth-order valence-corrected chi connectivity index (χ4v) is 4.82. The van der Waals surface area contributed by atoms with Crippen molar-refractivity contribution < 1.29 is 4.79 Å². The minimum Gasteiger partial charge on any atom is -0.335 e. The van der Waals surface area contributed by atoms with Crippen LogP contribution < -0.4 is 0 Å². The lowest BCUT2D eigenvalue weighted by Crippen LogP contribution is -2.37. The lowest BCUT2D eigenvalue weighted by molar-refractivity contribution is 0.0707. The summed E-state index contributed by atoms with van der Waals surface area (Å²) in [6, 6.07) is 4.06. The first kappa shape index (κ1) is 14.1. The molecule has 2 bridgehead atoms. The van der Waals surface area contributed by atoms with Crippen molar-refractivity contribution in [2.24, 2.45) is 10.8 Å². The van der Waals surface area contributed by atoms with E-state index in [-0.39, 0.29) is 11.3 Å². The van der Waals surface area contributed by atoms with Gasteiger partial charge in [-0.05, 0) is 58.2 Å². The summed E-state index contributed by atoms with van der Waals surface area (Å²) in [5, 5.41) is 0. The molecular weight excluding hydrogens is 316 g/mol. The maximum Gasteiger partial charge on any atom is 0.256 e. The van der Waals surface area contributed by atoms with E-state index in [2.05, 4.69) is 46.6 Å². The highest BCUT2D eigenvalue weighted by atomic mass is 79.9. The van der Waals surface area contributed by atoms with E-state index >= 15 is 0 Å². The van der Waals surface area contributed by atoms with Crippen molar-refractivity contribution in [1.29, 1.82) is 0 Å². The number of hydrogen-bond donors (Lipinski definition) is 0. The number of carbonyl (C=O) groups is 1. The smallest absolute Gasteiger partial charge is 0.256 e. The number of likely N-dealkylation sites (tertiary alicyclic amines) is 1. The Bertz CT molecular complexity index is 557. The van der Waals surface area contributed by atoms with Crippen LogP contribution >= 0.6 is 15.9 Å². The van der Waals surface area contributed by atoms with Gasteiger partial charge in [0.15, 0.2) is 0 Å². The summed E-state index contributed by atoms with van der Waals surface area (Å²) in [6.07, 6.45) is 5.15. The van der Waals surface area contributed by atoms with Crippen LogP contribution in [0.5, 0.6) is 0 Å². The number of aromatic nitrogens is 1. The highest BCUT2D eigenvalue weighted by Crippen LogP contribution is 2.52. The van der Waals surface area contributed by atoms with Crippen LogP contribution in [-0.4, -0.2) is 28.4 Å². The quantitative estimate of drug-likeness (QED) is 0.729. The van der Waals surface area contributed by atoms with Crippen LogP contribution in [0.4, 0.5) is 0 Å². The van der Waals surface area contributed by atoms with E-state index < -0.39 is 0 Å². The third-order valence-electron chi connectivity index (χ3n) is 4.67. The summed E-state index contributed by atoms with van der Waals surface area (Å²) < 4.78 is 0.649. The molecule has 0 N–H and O–H groups in total. The van der Waals surface area contributed by atoms with Gasteiger partial charge in [0.05, 0.1) is 5.56 Å². The number of halogens is 1. The Morgan fingerprint density at radius 3 is 2.85 bits per heavy atom. The minimum absolute atomic E-state index is 0.122. The fraction of sp³-hybridized carbons (Fsp3) is 0.625. The summed E-state index contributed by atoms with van der Waals surface area (Å²) in [4.78, 5) is 19.1. The van der Waals surface area contributed by atoms with Crippen molar-refractivity contribution >= 4 is 21.8 Å². The maximum absolute atomic E-state index is 12.8. The van der Waals surface area contributed by atoms with Gasteiger partial charge in [0, 0.05) is 18.8 Å². The molecule has 1 aromatic heterocycles. The van der Waals surface area contributed by atoms with E-state index in [1.165, 1.54) is 6.42 Å². The molecule has 2 heterocycles. The second-order valence-electron chi connectivity index (χ2n) is 7.49. The Morgan fingerprint density at radius 2 is 2.15 bits per heavy atom. The number of rotatable bonds is 1. The number of nitrogens with zero attached hydrogens (tertiary/aromatic N) is 2. The molecule has 2 aliphatic rings. The molecule has 2 atom stereocenters. The van der Waals surface area contributed by atoms with Crippen LogP contribution in [0.2, 0.25) is 0 Å². The highest BCUT2D eigenvalue weighted by molar-refractivity contribution is 9.10. The molecule has 1 saturated carbocycles. The summed E-state index contributed by atoms with van der Waals surface area (Å²) >= 11 is 3.39. The Balaban J connectivity index is 1.89. The largest absolute Gasteiger partial charge is 0.335 e. The second-order valence-corrected chi connectivity index (χ2v) is 8.24. The molecule has 0 aromatic carbocycles. The van der Waals surface area contributed by atoms with E-state index in [1.807, 2.05) is 12.1 Å². The molecule has 20 heavy (non-hydrogen) atoms. The van der Waals surface area contributed by atoms with Gasteiger partial charge >= 0.3 is 0 Å².